The third-order valence-corrected chi connectivity index (χ3v) is 9.06. The lowest BCUT2D eigenvalue weighted by atomic mass is 10.1. The standard InChI is InChI=1S/C17H28OSi/c1-4-5-13-17(16-12-9-14-18-16)19(2,3)15-10-7-6-8-11-15/h6-8,10-11,16-17H,4-5,9,12-14H2,1-3H3. The highest BCUT2D eigenvalue weighted by Crippen LogP contribution is 2.37. The maximum Gasteiger partial charge on any atom is 0.0862 e. The summed E-state index contributed by atoms with van der Waals surface area (Å²) in [5.41, 5.74) is 0.775. The molecule has 1 nitrogen and oxygen atoms in total. The Morgan fingerprint density at radius 3 is 2.58 bits per heavy atom. The van der Waals surface area contributed by atoms with Crippen LogP contribution in [0.3, 0.4) is 0 Å². The molecule has 0 aliphatic carbocycles. The second-order valence-electron chi connectivity index (χ2n) is 6.39. The molecule has 0 spiro atoms. The third kappa shape index (κ3) is 3.49. The van der Waals surface area contributed by atoms with Gasteiger partial charge >= 0.3 is 0 Å². The summed E-state index contributed by atoms with van der Waals surface area (Å²) in [5, 5.41) is 1.59. The topological polar surface area (TPSA) is 9.23 Å². The van der Waals surface area contributed by atoms with E-state index in [1.807, 2.05) is 0 Å². The van der Waals surface area contributed by atoms with Gasteiger partial charge in [0.25, 0.3) is 0 Å². The first kappa shape index (κ1) is 14.8. The van der Waals surface area contributed by atoms with Gasteiger partial charge in [0.2, 0.25) is 0 Å². The van der Waals surface area contributed by atoms with Crippen LogP contribution in [0.5, 0.6) is 0 Å². The summed E-state index contributed by atoms with van der Waals surface area (Å²) in [6, 6.07) is 11.2. The molecule has 1 saturated heterocycles. The van der Waals surface area contributed by atoms with Gasteiger partial charge in [-0.2, -0.15) is 0 Å². The zero-order valence-electron chi connectivity index (χ0n) is 12.7. The minimum atomic E-state index is -1.44. The molecule has 0 bridgehead atoms. The van der Waals surface area contributed by atoms with Crippen LogP contribution in [0, 0.1) is 0 Å². The molecular formula is C17H28OSi. The molecule has 0 aromatic heterocycles. The van der Waals surface area contributed by atoms with Gasteiger partial charge in [-0.25, -0.2) is 0 Å². The predicted octanol–water partition coefficient (Wildman–Crippen LogP) is 4.34. The number of ether oxygens (including phenoxy) is 1. The molecule has 1 aliphatic rings. The van der Waals surface area contributed by atoms with Crippen LogP contribution < -0.4 is 5.19 Å². The van der Waals surface area contributed by atoms with Gasteiger partial charge in [0.05, 0.1) is 14.2 Å². The van der Waals surface area contributed by atoms with Crippen LogP contribution in [-0.2, 0) is 4.74 Å². The first-order valence-electron chi connectivity index (χ1n) is 7.83. The molecule has 0 radical (unpaired) electrons. The van der Waals surface area contributed by atoms with Gasteiger partial charge in [0, 0.05) is 6.61 Å². The molecular weight excluding hydrogens is 248 g/mol. The molecule has 19 heavy (non-hydrogen) atoms. The van der Waals surface area contributed by atoms with Crippen molar-refractivity contribution in [3.8, 4) is 0 Å². The lowest BCUT2D eigenvalue weighted by molar-refractivity contribution is 0.100. The van der Waals surface area contributed by atoms with Crippen LogP contribution in [0.4, 0.5) is 0 Å². The summed E-state index contributed by atoms with van der Waals surface area (Å²) >= 11 is 0. The first-order valence-corrected chi connectivity index (χ1v) is 10.9. The Kier molecular flexibility index (Phi) is 5.23. The fraction of sp³-hybridized carbons (Fsp3) is 0.647. The number of rotatable bonds is 6. The fourth-order valence-electron chi connectivity index (χ4n) is 3.44. The van der Waals surface area contributed by atoms with Crippen molar-refractivity contribution in [3.05, 3.63) is 30.3 Å². The fourth-order valence-corrected chi connectivity index (χ4v) is 7.04. The van der Waals surface area contributed by atoms with Gasteiger partial charge in [-0.15, -0.1) is 0 Å². The van der Waals surface area contributed by atoms with Gasteiger partial charge in [0.15, 0.2) is 0 Å². The van der Waals surface area contributed by atoms with Crippen LogP contribution in [0.1, 0.15) is 39.0 Å². The Hall–Kier alpha value is -0.603. The maximum absolute atomic E-state index is 6.05. The molecule has 2 heteroatoms. The smallest absolute Gasteiger partial charge is 0.0862 e. The summed E-state index contributed by atoms with van der Waals surface area (Å²) < 4.78 is 6.05. The van der Waals surface area contributed by atoms with E-state index < -0.39 is 8.07 Å². The maximum atomic E-state index is 6.05. The lowest BCUT2D eigenvalue weighted by Gasteiger charge is -2.37. The molecule has 1 fully saturated rings. The molecule has 2 rings (SSSR count). The molecule has 106 valence electrons. The quantitative estimate of drug-likeness (QED) is 0.702. The Morgan fingerprint density at radius 2 is 2.00 bits per heavy atom. The summed E-state index contributed by atoms with van der Waals surface area (Å²) in [6.45, 7) is 8.34. The van der Waals surface area contributed by atoms with E-state index >= 15 is 0 Å². The summed E-state index contributed by atoms with van der Waals surface area (Å²) in [4.78, 5) is 0. The van der Waals surface area contributed by atoms with Crippen molar-refractivity contribution in [3.63, 3.8) is 0 Å². The van der Waals surface area contributed by atoms with E-state index in [2.05, 4.69) is 50.3 Å². The Labute approximate surface area is 119 Å². The van der Waals surface area contributed by atoms with Crippen molar-refractivity contribution in [1.82, 2.24) is 0 Å². The van der Waals surface area contributed by atoms with E-state index in [4.69, 9.17) is 4.74 Å². The van der Waals surface area contributed by atoms with E-state index in [-0.39, 0.29) is 0 Å². The van der Waals surface area contributed by atoms with Crippen molar-refractivity contribution in [1.29, 1.82) is 0 Å². The number of hydrogen-bond donors (Lipinski definition) is 0. The predicted molar refractivity (Wildman–Crippen MR) is 85.8 cm³/mol. The van der Waals surface area contributed by atoms with Crippen LogP contribution >= 0.6 is 0 Å². The minimum absolute atomic E-state index is 0.522. The van der Waals surface area contributed by atoms with Crippen molar-refractivity contribution >= 4 is 13.3 Å². The number of hydrogen-bond acceptors (Lipinski definition) is 1. The monoisotopic (exact) mass is 276 g/mol. The first-order chi connectivity index (χ1) is 9.16. The van der Waals surface area contributed by atoms with E-state index in [1.54, 1.807) is 5.19 Å². The molecule has 2 atom stereocenters. The van der Waals surface area contributed by atoms with Crippen LogP contribution in [0.15, 0.2) is 30.3 Å². The van der Waals surface area contributed by atoms with Gasteiger partial charge in [0.1, 0.15) is 0 Å². The Balaban J connectivity index is 2.20. The van der Waals surface area contributed by atoms with Crippen LogP contribution in [0.2, 0.25) is 18.6 Å². The highest BCUT2D eigenvalue weighted by Gasteiger charge is 2.39. The van der Waals surface area contributed by atoms with Crippen molar-refractivity contribution in [2.45, 2.75) is 63.8 Å². The normalized spacial score (nSPS) is 21.5. The van der Waals surface area contributed by atoms with Crippen LogP contribution in [-0.4, -0.2) is 20.8 Å². The van der Waals surface area contributed by atoms with E-state index in [0.717, 1.165) is 12.1 Å². The number of benzene rings is 1. The minimum Gasteiger partial charge on any atom is -0.378 e. The van der Waals surface area contributed by atoms with Crippen LogP contribution in [0.25, 0.3) is 0 Å². The molecule has 1 aliphatic heterocycles. The van der Waals surface area contributed by atoms with Crippen molar-refractivity contribution in [2.75, 3.05) is 6.61 Å². The summed E-state index contributed by atoms with van der Waals surface area (Å²) in [5.74, 6) is 0. The average molecular weight is 276 g/mol. The van der Waals surface area contributed by atoms with Gasteiger partial charge in [-0.3, -0.25) is 0 Å². The highest BCUT2D eigenvalue weighted by molar-refractivity contribution is 6.91. The molecule has 0 N–H and O–H groups in total. The highest BCUT2D eigenvalue weighted by atomic mass is 28.3. The van der Waals surface area contributed by atoms with Gasteiger partial charge in [-0.1, -0.05) is 74.8 Å². The molecule has 0 amide bonds. The third-order valence-electron chi connectivity index (χ3n) is 4.73. The number of unbranched alkanes of at least 4 members (excludes halogenated alkanes) is 1. The SMILES string of the molecule is CCCCC(C1CCCO1)[Si](C)(C)c1ccccc1. The summed E-state index contributed by atoms with van der Waals surface area (Å²) in [7, 11) is -1.44. The lowest BCUT2D eigenvalue weighted by Crippen LogP contribution is -2.49. The summed E-state index contributed by atoms with van der Waals surface area (Å²) in [6.07, 6.45) is 7.03. The Morgan fingerprint density at radius 1 is 1.26 bits per heavy atom. The molecule has 2 unspecified atom stereocenters. The van der Waals surface area contributed by atoms with E-state index in [9.17, 15) is 0 Å². The van der Waals surface area contributed by atoms with Crippen molar-refractivity contribution < 1.29 is 4.74 Å². The van der Waals surface area contributed by atoms with E-state index in [1.165, 1.54) is 32.1 Å². The largest absolute Gasteiger partial charge is 0.378 e. The van der Waals surface area contributed by atoms with Gasteiger partial charge < -0.3 is 4.74 Å². The average Bonchev–Trinajstić information content (AvgIpc) is 2.94. The second kappa shape index (κ2) is 6.71. The molecule has 1 aromatic carbocycles. The van der Waals surface area contributed by atoms with E-state index in [0.29, 0.717) is 6.10 Å². The van der Waals surface area contributed by atoms with Crippen molar-refractivity contribution in [2.24, 2.45) is 0 Å². The zero-order chi connectivity index (χ0) is 13.7. The zero-order valence-corrected chi connectivity index (χ0v) is 13.7. The van der Waals surface area contributed by atoms with Gasteiger partial charge in [-0.05, 0) is 18.4 Å². The molecule has 1 aromatic rings. The Bertz CT molecular complexity index is 368. The molecule has 1 heterocycles. The molecule has 0 saturated carbocycles. The second-order valence-corrected chi connectivity index (χ2v) is 11.2.